The molecule has 0 rings (SSSR count). The van der Waals surface area contributed by atoms with Crippen LogP contribution in [0.15, 0.2) is 0 Å². The normalized spacial score (nSPS) is 12.3. The fourth-order valence-corrected chi connectivity index (χ4v) is 0.866. The predicted octanol–water partition coefficient (Wildman–Crippen LogP) is 0.242. The van der Waals surface area contributed by atoms with Crippen LogP contribution in [0.5, 0.6) is 0 Å². The van der Waals surface area contributed by atoms with E-state index in [0.29, 0.717) is 0 Å². The highest BCUT2D eigenvalue weighted by atomic mass is 16.5. The van der Waals surface area contributed by atoms with Gasteiger partial charge in [-0.05, 0) is 12.8 Å². The van der Waals surface area contributed by atoms with Gasteiger partial charge in [-0.25, -0.2) is 4.79 Å². The summed E-state index contributed by atoms with van der Waals surface area (Å²) in [6.07, 6.45) is -0.611. The molecule has 2 amide bonds. The maximum atomic E-state index is 10.9. The van der Waals surface area contributed by atoms with Gasteiger partial charge in [0.05, 0.1) is 6.61 Å². The summed E-state index contributed by atoms with van der Waals surface area (Å²) in [5.74, 6) is -0.593. The third-order valence-electron chi connectivity index (χ3n) is 1.52. The number of carbonyl (C=O) groups is 2. The van der Waals surface area contributed by atoms with Crippen molar-refractivity contribution in [2.75, 3.05) is 6.61 Å². The van der Waals surface area contributed by atoms with Gasteiger partial charge in [0, 0.05) is 0 Å². The van der Waals surface area contributed by atoms with Crippen LogP contribution in [0, 0.1) is 5.92 Å². The van der Waals surface area contributed by atoms with Crippen LogP contribution in [-0.4, -0.2) is 24.6 Å². The monoisotopic (exact) mass is 188 g/mol. The molecule has 0 heterocycles. The Bertz CT molecular complexity index is 192. The van der Waals surface area contributed by atoms with Crippen molar-refractivity contribution in [2.24, 2.45) is 11.7 Å². The molecule has 0 aliphatic rings. The molecule has 0 saturated heterocycles. The van der Waals surface area contributed by atoms with Gasteiger partial charge in [0.15, 0.2) is 0 Å². The first-order chi connectivity index (χ1) is 5.99. The average Bonchev–Trinajstić information content (AvgIpc) is 1.99. The molecule has 0 fully saturated rings. The minimum absolute atomic E-state index is 0.0399. The summed E-state index contributed by atoms with van der Waals surface area (Å²) in [6, 6.07) is -0.668. The number of alkyl carbamates (subject to hydrolysis) is 1. The number of carbonyl (C=O) groups excluding carboxylic acids is 2. The zero-order valence-corrected chi connectivity index (χ0v) is 8.16. The average molecular weight is 188 g/mol. The maximum absolute atomic E-state index is 10.9. The molecule has 0 aliphatic heterocycles. The minimum atomic E-state index is -0.668. The van der Waals surface area contributed by atoms with E-state index in [9.17, 15) is 9.59 Å². The van der Waals surface area contributed by atoms with Crippen LogP contribution in [0.3, 0.4) is 0 Å². The Kier molecular flexibility index (Phi) is 4.87. The zero-order chi connectivity index (χ0) is 10.4. The van der Waals surface area contributed by atoms with E-state index in [-0.39, 0.29) is 12.5 Å². The molecular weight excluding hydrogens is 172 g/mol. The van der Waals surface area contributed by atoms with Gasteiger partial charge in [0.1, 0.15) is 6.04 Å². The topological polar surface area (TPSA) is 81.4 Å². The molecule has 0 aromatic heterocycles. The standard InChI is InChI=1S/C8H16N2O3/c1-4-13-8(12)10-6(5(2)3)7(9)11/h5-6H,4H2,1-3H3,(H2,9,11)(H,10,12)/t6-/m0/s1. The van der Waals surface area contributed by atoms with Crippen LogP contribution in [-0.2, 0) is 9.53 Å². The number of nitrogens with one attached hydrogen (secondary N) is 1. The Morgan fingerprint density at radius 1 is 1.46 bits per heavy atom. The highest BCUT2D eigenvalue weighted by molar-refractivity contribution is 5.84. The number of hydrogen-bond acceptors (Lipinski definition) is 3. The molecule has 0 spiro atoms. The quantitative estimate of drug-likeness (QED) is 0.663. The largest absolute Gasteiger partial charge is 0.450 e. The summed E-state index contributed by atoms with van der Waals surface area (Å²) in [5, 5.41) is 2.38. The fraction of sp³-hybridized carbons (Fsp3) is 0.750. The number of rotatable bonds is 4. The van der Waals surface area contributed by atoms with Gasteiger partial charge in [0.25, 0.3) is 0 Å². The second kappa shape index (κ2) is 5.40. The molecule has 0 aromatic carbocycles. The summed E-state index contributed by atoms with van der Waals surface area (Å²) < 4.78 is 4.61. The Labute approximate surface area is 77.6 Å². The molecule has 76 valence electrons. The van der Waals surface area contributed by atoms with E-state index in [1.54, 1.807) is 20.8 Å². The van der Waals surface area contributed by atoms with E-state index in [1.165, 1.54) is 0 Å². The molecule has 0 aromatic rings. The van der Waals surface area contributed by atoms with Crippen LogP contribution >= 0.6 is 0 Å². The summed E-state index contributed by atoms with van der Waals surface area (Å²) in [7, 11) is 0. The summed E-state index contributed by atoms with van der Waals surface area (Å²) in [4.78, 5) is 21.8. The van der Waals surface area contributed by atoms with Crippen LogP contribution in [0.4, 0.5) is 4.79 Å². The second-order valence-corrected chi connectivity index (χ2v) is 2.99. The van der Waals surface area contributed by atoms with Crippen LogP contribution in [0.25, 0.3) is 0 Å². The molecule has 0 radical (unpaired) electrons. The molecule has 13 heavy (non-hydrogen) atoms. The minimum Gasteiger partial charge on any atom is -0.450 e. The van der Waals surface area contributed by atoms with Crippen LogP contribution in [0.1, 0.15) is 20.8 Å². The zero-order valence-electron chi connectivity index (χ0n) is 8.16. The van der Waals surface area contributed by atoms with Crippen LogP contribution in [0.2, 0.25) is 0 Å². The molecule has 0 aliphatic carbocycles. The van der Waals surface area contributed by atoms with Crippen LogP contribution < -0.4 is 11.1 Å². The van der Waals surface area contributed by atoms with E-state index >= 15 is 0 Å². The SMILES string of the molecule is CCOC(=O)N[C@H](C(N)=O)C(C)C. The molecule has 1 atom stereocenters. The van der Waals surface area contributed by atoms with Crippen molar-refractivity contribution in [3.63, 3.8) is 0 Å². The van der Waals surface area contributed by atoms with Crippen molar-refractivity contribution in [2.45, 2.75) is 26.8 Å². The highest BCUT2D eigenvalue weighted by Gasteiger charge is 2.21. The second-order valence-electron chi connectivity index (χ2n) is 2.99. The van der Waals surface area contributed by atoms with Crippen molar-refractivity contribution in [3.05, 3.63) is 0 Å². The molecule has 0 saturated carbocycles. The smallest absolute Gasteiger partial charge is 0.407 e. The summed E-state index contributed by atoms with van der Waals surface area (Å²) >= 11 is 0. The predicted molar refractivity (Wildman–Crippen MR) is 48.0 cm³/mol. The molecular formula is C8H16N2O3. The first kappa shape index (κ1) is 11.7. The third kappa shape index (κ3) is 4.35. The van der Waals surface area contributed by atoms with Crippen molar-refractivity contribution >= 4 is 12.0 Å². The van der Waals surface area contributed by atoms with Crippen molar-refractivity contribution in [1.29, 1.82) is 0 Å². The maximum Gasteiger partial charge on any atom is 0.407 e. The van der Waals surface area contributed by atoms with Gasteiger partial charge in [0.2, 0.25) is 5.91 Å². The van der Waals surface area contributed by atoms with Gasteiger partial charge < -0.3 is 15.8 Å². The highest BCUT2D eigenvalue weighted by Crippen LogP contribution is 2.00. The lowest BCUT2D eigenvalue weighted by atomic mass is 10.0. The molecule has 3 N–H and O–H groups in total. The van der Waals surface area contributed by atoms with E-state index in [0.717, 1.165) is 0 Å². The fourth-order valence-electron chi connectivity index (χ4n) is 0.866. The lowest BCUT2D eigenvalue weighted by Gasteiger charge is -2.18. The van der Waals surface area contributed by atoms with E-state index in [2.05, 4.69) is 10.1 Å². The van der Waals surface area contributed by atoms with E-state index < -0.39 is 18.0 Å². The van der Waals surface area contributed by atoms with E-state index in [4.69, 9.17) is 5.73 Å². The third-order valence-corrected chi connectivity index (χ3v) is 1.52. The van der Waals surface area contributed by atoms with Crippen molar-refractivity contribution in [3.8, 4) is 0 Å². The van der Waals surface area contributed by atoms with Gasteiger partial charge in [-0.2, -0.15) is 0 Å². The lowest BCUT2D eigenvalue weighted by Crippen LogP contribution is -2.47. The van der Waals surface area contributed by atoms with Gasteiger partial charge in [-0.15, -0.1) is 0 Å². The Morgan fingerprint density at radius 2 is 2.00 bits per heavy atom. The molecule has 5 nitrogen and oxygen atoms in total. The number of primary amides is 1. The first-order valence-corrected chi connectivity index (χ1v) is 4.21. The summed E-state index contributed by atoms with van der Waals surface area (Å²) in [5.41, 5.74) is 5.07. The van der Waals surface area contributed by atoms with E-state index in [1.807, 2.05) is 0 Å². The number of ether oxygens (including phenoxy) is 1. The van der Waals surface area contributed by atoms with Gasteiger partial charge in [-0.3, -0.25) is 4.79 Å². The lowest BCUT2D eigenvalue weighted by molar-refractivity contribution is -0.120. The Morgan fingerprint density at radius 3 is 2.31 bits per heavy atom. The van der Waals surface area contributed by atoms with Gasteiger partial charge in [-0.1, -0.05) is 13.8 Å². The number of nitrogens with two attached hydrogens (primary N) is 1. The number of amides is 2. The Balaban J connectivity index is 4.10. The number of hydrogen-bond donors (Lipinski definition) is 2. The molecule has 0 unspecified atom stereocenters. The summed E-state index contributed by atoms with van der Waals surface area (Å²) in [6.45, 7) is 5.55. The first-order valence-electron chi connectivity index (χ1n) is 4.21. The van der Waals surface area contributed by atoms with Crippen molar-refractivity contribution in [1.82, 2.24) is 5.32 Å². The molecule has 5 heteroatoms. The Hall–Kier alpha value is -1.26. The van der Waals surface area contributed by atoms with Gasteiger partial charge >= 0.3 is 6.09 Å². The van der Waals surface area contributed by atoms with Crippen molar-refractivity contribution < 1.29 is 14.3 Å². The molecule has 0 bridgehead atoms.